The summed E-state index contributed by atoms with van der Waals surface area (Å²) >= 11 is 0. The van der Waals surface area contributed by atoms with Crippen LogP contribution in [0.4, 0.5) is 5.82 Å². The highest BCUT2D eigenvalue weighted by molar-refractivity contribution is 7.47. The van der Waals surface area contributed by atoms with Crippen molar-refractivity contribution in [2.24, 2.45) is 0 Å². The van der Waals surface area contributed by atoms with Gasteiger partial charge in [0.15, 0.2) is 25.5 Å². The van der Waals surface area contributed by atoms with Crippen LogP contribution in [0.15, 0.2) is 6.33 Å². The van der Waals surface area contributed by atoms with Crippen LogP contribution in [0.5, 0.6) is 0 Å². The third kappa shape index (κ3) is 2.26. The SMILES string of the molecule is [B]c1nc2c(N)ncnc2n1C1OC2COP(=O)(O)OC2C1O. The molecular formula is C10H11BN5O6P. The second-order valence-corrected chi connectivity index (χ2v) is 6.57. The van der Waals surface area contributed by atoms with E-state index in [0.717, 1.165) is 0 Å². The number of phosphoric ester groups is 1. The van der Waals surface area contributed by atoms with Crippen molar-refractivity contribution in [2.45, 2.75) is 24.5 Å². The molecule has 0 aliphatic carbocycles. The van der Waals surface area contributed by atoms with Crippen LogP contribution in [0, 0.1) is 0 Å². The molecule has 4 heterocycles. The van der Waals surface area contributed by atoms with Crippen LogP contribution < -0.4 is 11.5 Å². The number of fused-ring (bicyclic) bond motifs is 2. The number of hydrogen-bond donors (Lipinski definition) is 3. The third-order valence-corrected chi connectivity index (χ3v) is 4.74. The van der Waals surface area contributed by atoms with Gasteiger partial charge in [-0.25, -0.2) is 19.5 Å². The molecule has 2 fully saturated rings. The van der Waals surface area contributed by atoms with Crippen molar-refractivity contribution < 1.29 is 28.3 Å². The first kappa shape index (κ1) is 15.0. The lowest BCUT2D eigenvalue weighted by Gasteiger charge is -2.27. The molecule has 13 heteroatoms. The van der Waals surface area contributed by atoms with Crippen LogP contribution in [0.25, 0.3) is 11.2 Å². The molecule has 2 radical (unpaired) electrons. The molecular weight excluding hydrogens is 328 g/mol. The van der Waals surface area contributed by atoms with E-state index in [9.17, 15) is 14.6 Å². The van der Waals surface area contributed by atoms with Gasteiger partial charge in [-0.15, -0.1) is 0 Å². The number of imidazole rings is 1. The van der Waals surface area contributed by atoms with E-state index in [1.807, 2.05) is 0 Å². The van der Waals surface area contributed by atoms with E-state index >= 15 is 0 Å². The summed E-state index contributed by atoms with van der Waals surface area (Å²) in [6.07, 6.45) is -2.85. The summed E-state index contributed by atoms with van der Waals surface area (Å²) in [6, 6.07) is 0. The lowest BCUT2D eigenvalue weighted by molar-refractivity contribution is -0.0657. The summed E-state index contributed by atoms with van der Waals surface area (Å²) in [6.45, 7) is -0.199. The van der Waals surface area contributed by atoms with Crippen molar-refractivity contribution in [3.8, 4) is 0 Å². The van der Waals surface area contributed by atoms with Crippen molar-refractivity contribution >= 4 is 38.4 Å². The fraction of sp³-hybridized carbons (Fsp3) is 0.500. The molecule has 2 aliphatic rings. The van der Waals surface area contributed by atoms with Crippen molar-refractivity contribution in [2.75, 3.05) is 12.3 Å². The standard InChI is InChI=1S/C10H11BN5O6P/c11-10-15-4-7(12)13-2-14-8(4)16(10)9-5(17)6-3(21-9)1-20-23(18,19)22-6/h2-3,5-6,9,17H,1H2,(H,18,19)(H2,12,13,14). The number of nitrogens with zero attached hydrogens (tertiary/aromatic N) is 4. The normalized spacial score (nSPS) is 37.1. The van der Waals surface area contributed by atoms with Gasteiger partial charge in [0.2, 0.25) is 0 Å². The van der Waals surface area contributed by atoms with Gasteiger partial charge in [0.1, 0.15) is 30.2 Å². The summed E-state index contributed by atoms with van der Waals surface area (Å²) in [4.78, 5) is 21.3. The number of nitrogen functional groups attached to an aromatic ring is 1. The minimum Gasteiger partial charge on any atom is -0.386 e. The number of aliphatic hydroxyl groups excluding tert-OH is 1. The number of aromatic nitrogens is 4. The number of nitrogens with two attached hydrogens (primary N) is 1. The van der Waals surface area contributed by atoms with E-state index in [2.05, 4.69) is 19.5 Å². The quantitative estimate of drug-likeness (QED) is 0.391. The largest absolute Gasteiger partial charge is 0.472 e. The zero-order chi connectivity index (χ0) is 16.4. The van der Waals surface area contributed by atoms with Crippen molar-refractivity contribution in [1.29, 1.82) is 0 Å². The lowest BCUT2D eigenvalue weighted by Crippen LogP contribution is -2.39. The molecule has 2 aliphatic heterocycles. The molecule has 4 N–H and O–H groups in total. The van der Waals surface area contributed by atoms with E-state index in [4.69, 9.17) is 22.8 Å². The minimum atomic E-state index is -4.21. The minimum absolute atomic E-state index is 0.00277. The topological polar surface area (TPSA) is 155 Å². The second kappa shape index (κ2) is 4.97. The predicted molar refractivity (Wildman–Crippen MR) is 75.7 cm³/mol. The zero-order valence-corrected chi connectivity index (χ0v) is 12.4. The molecule has 0 bridgehead atoms. The molecule has 0 amide bonds. The Labute approximate surface area is 130 Å². The number of phosphoric acid groups is 1. The van der Waals surface area contributed by atoms with Crippen LogP contribution in [0.3, 0.4) is 0 Å². The molecule has 2 aromatic heterocycles. The molecule has 23 heavy (non-hydrogen) atoms. The number of anilines is 1. The second-order valence-electron chi connectivity index (χ2n) is 5.16. The van der Waals surface area contributed by atoms with Crippen molar-refractivity contribution in [3.63, 3.8) is 0 Å². The van der Waals surface area contributed by atoms with Gasteiger partial charge < -0.3 is 20.5 Å². The van der Waals surface area contributed by atoms with Crippen LogP contribution in [0.2, 0.25) is 0 Å². The molecule has 5 unspecified atom stereocenters. The predicted octanol–water partition coefficient (Wildman–Crippen LogP) is -2.02. The van der Waals surface area contributed by atoms with E-state index in [-0.39, 0.29) is 29.3 Å². The average Bonchev–Trinajstić information content (AvgIpc) is 2.97. The molecule has 2 saturated heterocycles. The molecule has 4 rings (SSSR count). The van der Waals surface area contributed by atoms with Gasteiger partial charge in [0.05, 0.1) is 12.3 Å². The maximum atomic E-state index is 11.5. The molecule has 120 valence electrons. The summed E-state index contributed by atoms with van der Waals surface area (Å²) in [5.41, 5.74) is 6.26. The van der Waals surface area contributed by atoms with Crippen molar-refractivity contribution in [1.82, 2.24) is 19.5 Å². The van der Waals surface area contributed by atoms with Crippen LogP contribution in [0.1, 0.15) is 6.23 Å². The fourth-order valence-electron chi connectivity index (χ4n) is 2.74. The van der Waals surface area contributed by atoms with Crippen LogP contribution >= 0.6 is 7.82 Å². The van der Waals surface area contributed by atoms with E-state index in [1.54, 1.807) is 0 Å². The van der Waals surface area contributed by atoms with E-state index in [0.29, 0.717) is 0 Å². The maximum absolute atomic E-state index is 11.5. The van der Waals surface area contributed by atoms with Gasteiger partial charge >= 0.3 is 7.82 Å². The average molecular weight is 339 g/mol. The highest BCUT2D eigenvalue weighted by Crippen LogP contribution is 2.52. The highest BCUT2D eigenvalue weighted by atomic mass is 31.2. The van der Waals surface area contributed by atoms with Crippen LogP contribution in [-0.4, -0.2) is 62.3 Å². The Hall–Kier alpha value is -1.56. The number of rotatable bonds is 1. The van der Waals surface area contributed by atoms with Gasteiger partial charge in [-0.2, -0.15) is 0 Å². The van der Waals surface area contributed by atoms with E-state index in [1.165, 1.54) is 10.9 Å². The summed E-state index contributed by atoms with van der Waals surface area (Å²) in [5.74, 6) is 0.129. The molecule has 2 aromatic rings. The first-order valence-electron chi connectivity index (χ1n) is 6.60. The Morgan fingerprint density at radius 1 is 1.48 bits per heavy atom. The van der Waals surface area contributed by atoms with Gasteiger partial charge in [-0.05, 0) is 0 Å². The van der Waals surface area contributed by atoms with E-state index < -0.39 is 32.4 Å². The Morgan fingerprint density at radius 2 is 2.26 bits per heavy atom. The Balaban J connectivity index is 1.76. The lowest BCUT2D eigenvalue weighted by atomic mass is 10.1. The number of hydrogen-bond acceptors (Lipinski definition) is 9. The summed E-state index contributed by atoms with van der Waals surface area (Å²) < 4.78 is 28.1. The molecule has 0 saturated carbocycles. The first-order chi connectivity index (χ1) is 10.9. The van der Waals surface area contributed by atoms with Gasteiger partial charge in [0, 0.05) is 0 Å². The Morgan fingerprint density at radius 3 is 3.04 bits per heavy atom. The highest BCUT2D eigenvalue weighted by Gasteiger charge is 2.52. The van der Waals surface area contributed by atoms with Crippen LogP contribution in [-0.2, 0) is 18.3 Å². The summed E-state index contributed by atoms with van der Waals surface area (Å²) in [7, 11) is 1.66. The molecule has 0 spiro atoms. The van der Waals surface area contributed by atoms with Crippen molar-refractivity contribution in [3.05, 3.63) is 6.33 Å². The maximum Gasteiger partial charge on any atom is 0.472 e. The number of ether oxygens (including phenoxy) is 1. The number of aliphatic hydroxyl groups is 1. The molecule has 11 nitrogen and oxygen atoms in total. The fourth-order valence-corrected chi connectivity index (χ4v) is 3.71. The van der Waals surface area contributed by atoms with Gasteiger partial charge in [0.25, 0.3) is 0 Å². The zero-order valence-electron chi connectivity index (χ0n) is 11.5. The van der Waals surface area contributed by atoms with Gasteiger partial charge in [-0.3, -0.25) is 13.6 Å². The molecule has 5 atom stereocenters. The smallest absolute Gasteiger partial charge is 0.386 e. The van der Waals surface area contributed by atoms with Gasteiger partial charge in [-0.1, -0.05) is 0 Å². The monoisotopic (exact) mass is 339 g/mol. The first-order valence-corrected chi connectivity index (χ1v) is 8.10. The molecule has 0 aromatic carbocycles. The Bertz CT molecular complexity index is 831. The summed E-state index contributed by atoms with van der Waals surface area (Å²) in [5, 5.41) is 10.4. The third-order valence-electron chi connectivity index (χ3n) is 3.75. The Kier molecular flexibility index (Phi) is 3.24.